The molecule has 0 nitrogen and oxygen atoms in total. The topological polar surface area (TPSA) is 0 Å². The summed E-state index contributed by atoms with van der Waals surface area (Å²) < 4.78 is 0. The van der Waals surface area contributed by atoms with Crippen LogP contribution in [0.25, 0.3) is 0 Å². The molecule has 1 rings (SSSR count). The summed E-state index contributed by atoms with van der Waals surface area (Å²) in [6.45, 7) is 2.27. The molecule has 0 radical (unpaired) electrons. The Morgan fingerprint density at radius 3 is 2.67 bits per heavy atom. The summed E-state index contributed by atoms with van der Waals surface area (Å²) in [4.78, 5) is 0. The molecule has 70 valence electrons. The lowest BCUT2D eigenvalue weighted by Gasteiger charge is -2.04. The highest BCUT2D eigenvalue weighted by molar-refractivity contribution is 8.78. The second-order valence-electron chi connectivity index (χ2n) is 3.26. The summed E-state index contributed by atoms with van der Waals surface area (Å²) >= 11 is 0. The van der Waals surface area contributed by atoms with E-state index in [1.807, 2.05) is 21.6 Å². The van der Waals surface area contributed by atoms with Crippen molar-refractivity contribution in [2.45, 2.75) is 50.7 Å². The fourth-order valence-electron chi connectivity index (χ4n) is 1.35. The van der Waals surface area contributed by atoms with E-state index in [9.17, 15) is 0 Å². The van der Waals surface area contributed by atoms with Crippen molar-refractivity contribution in [3.63, 3.8) is 0 Å². The van der Waals surface area contributed by atoms with E-state index in [1.54, 1.807) is 0 Å². The largest absolute Gasteiger partial charge is 0.0819 e. The zero-order chi connectivity index (χ0) is 8.65. The molecule has 0 amide bonds. The lowest BCUT2D eigenvalue weighted by Crippen LogP contribution is -1.92. The summed E-state index contributed by atoms with van der Waals surface area (Å²) in [5.74, 6) is 0. The van der Waals surface area contributed by atoms with Crippen LogP contribution in [0.15, 0.2) is 11.5 Å². The Bertz CT molecular complexity index is 132. The van der Waals surface area contributed by atoms with Gasteiger partial charge in [-0.3, -0.25) is 0 Å². The molecule has 0 saturated carbocycles. The highest BCUT2D eigenvalue weighted by atomic mass is 33.1. The fourth-order valence-corrected chi connectivity index (χ4v) is 3.61. The molecule has 0 aromatic rings. The first-order chi connectivity index (χ1) is 5.93. The summed E-state index contributed by atoms with van der Waals surface area (Å²) in [6.07, 6.45) is 10.8. The fraction of sp³-hybridized carbons (Fsp3) is 0.800. The molecule has 0 aromatic heterocycles. The molecule has 1 heterocycles. The van der Waals surface area contributed by atoms with Crippen LogP contribution in [0.5, 0.6) is 0 Å². The zero-order valence-corrected chi connectivity index (χ0v) is 9.42. The van der Waals surface area contributed by atoms with Crippen molar-refractivity contribution in [2.24, 2.45) is 0 Å². The average Bonchev–Trinajstić information content (AvgIpc) is 2.57. The Morgan fingerprint density at radius 2 is 2.00 bits per heavy atom. The lowest BCUT2D eigenvalue weighted by molar-refractivity contribution is 0.615. The molecule has 1 atom stereocenters. The summed E-state index contributed by atoms with van der Waals surface area (Å²) in [7, 11) is 3.90. The third-order valence-electron chi connectivity index (χ3n) is 2.12. The second kappa shape index (κ2) is 6.90. The maximum Gasteiger partial charge on any atom is 0.0342 e. The van der Waals surface area contributed by atoms with Gasteiger partial charge in [0.2, 0.25) is 0 Å². The van der Waals surface area contributed by atoms with Crippen LogP contribution in [-0.4, -0.2) is 5.25 Å². The third kappa shape index (κ3) is 4.46. The van der Waals surface area contributed by atoms with Gasteiger partial charge in [0.25, 0.3) is 0 Å². The molecule has 0 saturated heterocycles. The molecule has 0 aromatic carbocycles. The molecule has 12 heavy (non-hydrogen) atoms. The van der Waals surface area contributed by atoms with Gasteiger partial charge in [0, 0.05) is 5.25 Å². The molecule has 1 unspecified atom stereocenters. The minimum atomic E-state index is 0.816. The van der Waals surface area contributed by atoms with Crippen molar-refractivity contribution in [3.8, 4) is 0 Å². The number of unbranched alkanes of at least 4 members (excludes halogenated alkanes) is 4. The van der Waals surface area contributed by atoms with Gasteiger partial charge in [-0.15, -0.1) is 0 Å². The number of hydrogen-bond donors (Lipinski definition) is 0. The number of hydrogen-bond acceptors (Lipinski definition) is 2. The van der Waals surface area contributed by atoms with Gasteiger partial charge in [0.05, 0.1) is 0 Å². The first-order valence-electron chi connectivity index (χ1n) is 4.92. The van der Waals surface area contributed by atoms with Gasteiger partial charge in [-0.25, -0.2) is 0 Å². The molecule has 0 spiro atoms. The average molecular weight is 202 g/mol. The normalized spacial score (nSPS) is 21.9. The molecule has 1 aliphatic heterocycles. The zero-order valence-electron chi connectivity index (χ0n) is 7.79. The molecular weight excluding hydrogens is 184 g/mol. The van der Waals surface area contributed by atoms with E-state index in [1.165, 1.54) is 38.5 Å². The van der Waals surface area contributed by atoms with Gasteiger partial charge in [0.15, 0.2) is 0 Å². The van der Waals surface area contributed by atoms with Crippen molar-refractivity contribution in [1.29, 1.82) is 0 Å². The van der Waals surface area contributed by atoms with E-state index >= 15 is 0 Å². The van der Waals surface area contributed by atoms with Crippen LogP contribution >= 0.6 is 21.6 Å². The monoisotopic (exact) mass is 202 g/mol. The Kier molecular flexibility index (Phi) is 6.05. The molecule has 0 aliphatic carbocycles. The van der Waals surface area contributed by atoms with Crippen LogP contribution in [0.4, 0.5) is 0 Å². The first-order valence-corrected chi connectivity index (χ1v) is 7.20. The van der Waals surface area contributed by atoms with Crippen molar-refractivity contribution in [3.05, 3.63) is 11.5 Å². The minimum absolute atomic E-state index is 0.816. The van der Waals surface area contributed by atoms with Crippen molar-refractivity contribution >= 4 is 21.6 Å². The van der Waals surface area contributed by atoms with E-state index in [2.05, 4.69) is 18.4 Å². The van der Waals surface area contributed by atoms with Gasteiger partial charge in [-0.05, 0) is 11.8 Å². The third-order valence-corrected chi connectivity index (χ3v) is 4.55. The number of rotatable bonds is 6. The standard InChI is InChI=1S/C10H18S2/c1-2-3-4-5-6-7-10-8-9-11-12-10/h8-10H,2-7H2,1H3. The van der Waals surface area contributed by atoms with Crippen LogP contribution in [0.2, 0.25) is 0 Å². The maximum absolute atomic E-state index is 2.34. The van der Waals surface area contributed by atoms with E-state index in [0.29, 0.717) is 0 Å². The predicted octanol–water partition coefficient (Wildman–Crippen LogP) is 4.62. The Balaban J connectivity index is 1.85. The molecule has 1 aliphatic rings. The highest BCUT2D eigenvalue weighted by Crippen LogP contribution is 2.37. The van der Waals surface area contributed by atoms with Gasteiger partial charge in [0.1, 0.15) is 0 Å². The van der Waals surface area contributed by atoms with Gasteiger partial charge in [-0.2, -0.15) is 0 Å². The van der Waals surface area contributed by atoms with E-state index in [4.69, 9.17) is 0 Å². The smallest absolute Gasteiger partial charge is 0.0342 e. The van der Waals surface area contributed by atoms with Crippen molar-refractivity contribution in [1.82, 2.24) is 0 Å². The molecular formula is C10H18S2. The second-order valence-corrected chi connectivity index (χ2v) is 5.68. The van der Waals surface area contributed by atoms with E-state index < -0.39 is 0 Å². The van der Waals surface area contributed by atoms with Crippen LogP contribution < -0.4 is 0 Å². The quantitative estimate of drug-likeness (QED) is 0.455. The van der Waals surface area contributed by atoms with Gasteiger partial charge in [-0.1, -0.05) is 66.7 Å². The Morgan fingerprint density at radius 1 is 1.17 bits per heavy atom. The van der Waals surface area contributed by atoms with Crippen LogP contribution in [0.1, 0.15) is 45.4 Å². The van der Waals surface area contributed by atoms with E-state index in [-0.39, 0.29) is 0 Å². The lowest BCUT2D eigenvalue weighted by atomic mass is 10.1. The first kappa shape index (κ1) is 10.5. The Hall–Kier alpha value is 0.440. The summed E-state index contributed by atoms with van der Waals surface area (Å²) in [5.41, 5.74) is 0. The van der Waals surface area contributed by atoms with Crippen LogP contribution in [0.3, 0.4) is 0 Å². The molecule has 0 N–H and O–H groups in total. The molecule has 2 heteroatoms. The minimum Gasteiger partial charge on any atom is -0.0819 e. The Labute approximate surface area is 84.0 Å². The molecule has 0 bridgehead atoms. The van der Waals surface area contributed by atoms with Crippen molar-refractivity contribution in [2.75, 3.05) is 0 Å². The van der Waals surface area contributed by atoms with Gasteiger partial charge < -0.3 is 0 Å². The summed E-state index contributed by atoms with van der Waals surface area (Å²) in [6, 6.07) is 0. The van der Waals surface area contributed by atoms with Crippen LogP contribution in [0, 0.1) is 0 Å². The van der Waals surface area contributed by atoms with Gasteiger partial charge >= 0.3 is 0 Å². The van der Waals surface area contributed by atoms with Crippen molar-refractivity contribution < 1.29 is 0 Å². The predicted molar refractivity (Wildman–Crippen MR) is 61.5 cm³/mol. The summed E-state index contributed by atoms with van der Waals surface area (Å²) in [5, 5.41) is 3.04. The highest BCUT2D eigenvalue weighted by Gasteiger charge is 2.09. The van der Waals surface area contributed by atoms with Crippen LogP contribution in [-0.2, 0) is 0 Å². The maximum atomic E-state index is 2.34. The molecule has 0 fully saturated rings. The van der Waals surface area contributed by atoms with E-state index in [0.717, 1.165) is 5.25 Å². The SMILES string of the molecule is CCCCCCCC1C=CSS1.